The molecule has 0 heterocycles. The van der Waals surface area contributed by atoms with Gasteiger partial charge in [-0.05, 0) is 59.6 Å². The number of nitrogens with one attached hydrogen (secondary N) is 2. The average Bonchev–Trinajstić information content (AvgIpc) is 2.82. The maximum absolute atomic E-state index is 12.3. The smallest absolute Gasteiger partial charge is 0.344 e. The maximum atomic E-state index is 12.3. The fourth-order valence-electron chi connectivity index (χ4n) is 2.71. The van der Waals surface area contributed by atoms with Crippen molar-refractivity contribution in [3.63, 3.8) is 0 Å². The summed E-state index contributed by atoms with van der Waals surface area (Å²) in [5, 5.41) is 6.41. The highest BCUT2D eigenvalue weighted by Gasteiger charge is 2.15. The number of carbonyl (C=O) groups is 3. The highest BCUT2D eigenvalue weighted by Crippen LogP contribution is 2.36. The van der Waals surface area contributed by atoms with Gasteiger partial charge >= 0.3 is 5.97 Å². The van der Waals surface area contributed by atoms with Gasteiger partial charge in [0.1, 0.15) is 5.75 Å². The van der Waals surface area contributed by atoms with Crippen molar-refractivity contribution in [2.24, 2.45) is 5.10 Å². The lowest BCUT2D eigenvalue weighted by Crippen LogP contribution is -2.35. The van der Waals surface area contributed by atoms with Crippen molar-refractivity contribution in [1.29, 1.82) is 0 Å². The molecule has 0 atom stereocenters. The summed E-state index contributed by atoms with van der Waals surface area (Å²) in [5.41, 5.74) is 3.26. The number of hydrogen-bond donors (Lipinski definition) is 2. The van der Waals surface area contributed by atoms with Gasteiger partial charge in [-0.25, -0.2) is 10.2 Å². The SMILES string of the molecule is CCOC(=O)COc1c(Br)cc(C=NNC(=O)CNC(=O)c2ccccc2OC)cc1OCC. The molecule has 2 aromatic carbocycles. The van der Waals surface area contributed by atoms with E-state index in [1.807, 2.05) is 6.92 Å². The van der Waals surface area contributed by atoms with E-state index in [0.717, 1.165) is 0 Å². The Hall–Kier alpha value is -3.60. The van der Waals surface area contributed by atoms with E-state index in [-0.39, 0.29) is 19.8 Å². The monoisotopic (exact) mass is 535 g/mol. The van der Waals surface area contributed by atoms with Crippen molar-refractivity contribution < 1.29 is 33.3 Å². The molecule has 2 N–H and O–H groups in total. The molecule has 0 aliphatic heterocycles. The normalized spacial score (nSPS) is 10.5. The molecule has 0 saturated heterocycles. The number of hydrogen-bond acceptors (Lipinski definition) is 8. The quantitative estimate of drug-likeness (QED) is 0.243. The second-order valence-electron chi connectivity index (χ2n) is 6.53. The minimum Gasteiger partial charge on any atom is -0.496 e. The van der Waals surface area contributed by atoms with Gasteiger partial charge < -0.3 is 24.3 Å². The minimum atomic E-state index is -0.516. The molecular formula is C23H26BrN3O7. The second-order valence-corrected chi connectivity index (χ2v) is 7.39. The highest BCUT2D eigenvalue weighted by atomic mass is 79.9. The van der Waals surface area contributed by atoms with Crippen LogP contribution in [0, 0.1) is 0 Å². The van der Waals surface area contributed by atoms with Gasteiger partial charge in [0.05, 0.1) is 43.1 Å². The molecular weight excluding hydrogens is 510 g/mol. The molecule has 2 aromatic rings. The number of halogens is 1. The number of esters is 1. The number of hydrazone groups is 1. The third-order valence-electron chi connectivity index (χ3n) is 4.14. The van der Waals surface area contributed by atoms with Crippen LogP contribution in [0.15, 0.2) is 46.0 Å². The van der Waals surface area contributed by atoms with E-state index in [4.69, 9.17) is 18.9 Å². The summed E-state index contributed by atoms with van der Waals surface area (Å²) in [6, 6.07) is 10.0. The van der Waals surface area contributed by atoms with E-state index < -0.39 is 17.8 Å². The number of nitrogens with zero attached hydrogens (tertiary/aromatic N) is 1. The largest absolute Gasteiger partial charge is 0.496 e. The van der Waals surface area contributed by atoms with Crippen LogP contribution in [0.5, 0.6) is 17.2 Å². The number of methoxy groups -OCH3 is 1. The van der Waals surface area contributed by atoms with Crippen LogP contribution in [0.25, 0.3) is 0 Å². The summed E-state index contributed by atoms with van der Waals surface area (Å²) in [5.74, 6) is -0.321. The lowest BCUT2D eigenvalue weighted by Gasteiger charge is -2.14. The van der Waals surface area contributed by atoms with Crippen molar-refractivity contribution >= 4 is 39.9 Å². The summed E-state index contributed by atoms with van der Waals surface area (Å²) in [6.45, 7) is 3.60. The Labute approximate surface area is 205 Å². The molecule has 0 aliphatic rings. The number of benzene rings is 2. The van der Waals surface area contributed by atoms with Crippen LogP contribution < -0.4 is 25.0 Å². The third-order valence-corrected chi connectivity index (χ3v) is 4.72. The molecule has 0 spiro atoms. The van der Waals surface area contributed by atoms with E-state index in [0.29, 0.717) is 39.5 Å². The zero-order chi connectivity index (χ0) is 24.9. The Balaban J connectivity index is 1.96. The predicted molar refractivity (Wildman–Crippen MR) is 129 cm³/mol. The van der Waals surface area contributed by atoms with Crippen LogP contribution in [-0.2, 0) is 14.3 Å². The molecule has 2 amide bonds. The van der Waals surface area contributed by atoms with Crippen molar-refractivity contribution in [3.05, 3.63) is 52.0 Å². The van der Waals surface area contributed by atoms with Crippen molar-refractivity contribution in [2.75, 3.05) is 33.5 Å². The standard InChI is InChI=1S/C23H26BrN3O7/c1-4-32-19-11-15(10-17(24)22(19)34-14-21(29)33-5-2)12-26-27-20(28)13-25-23(30)16-8-6-7-9-18(16)31-3/h6-12H,4-5,13-14H2,1-3H3,(H,25,30)(H,27,28). The van der Waals surface area contributed by atoms with Gasteiger partial charge in [-0.15, -0.1) is 0 Å². The van der Waals surface area contributed by atoms with Crippen LogP contribution >= 0.6 is 15.9 Å². The number of para-hydroxylation sites is 1. The van der Waals surface area contributed by atoms with E-state index in [1.54, 1.807) is 43.3 Å². The first kappa shape index (κ1) is 26.7. The Bertz CT molecular complexity index is 1040. The lowest BCUT2D eigenvalue weighted by atomic mass is 10.2. The Morgan fingerprint density at radius 1 is 1.06 bits per heavy atom. The first-order valence-corrected chi connectivity index (χ1v) is 11.2. The molecule has 0 aromatic heterocycles. The zero-order valence-electron chi connectivity index (χ0n) is 19.1. The molecule has 0 bridgehead atoms. The molecule has 11 heteroatoms. The Morgan fingerprint density at radius 3 is 2.53 bits per heavy atom. The predicted octanol–water partition coefficient (Wildman–Crippen LogP) is 2.68. The fourth-order valence-corrected chi connectivity index (χ4v) is 3.28. The van der Waals surface area contributed by atoms with Gasteiger partial charge in [-0.3, -0.25) is 9.59 Å². The van der Waals surface area contributed by atoms with Crippen LogP contribution in [0.1, 0.15) is 29.8 Å². The van der Waals surface area contributed by atoms with Crippen LogP contribution in [0.2, 0.25) is 0 Å². The molecule has 10 nitrogen and oxygen atoms in total. The number of ether oxygens (including phenoxy) is 4. The first-order chi connectivity index (χ1) is 16.4. The van der Waals surface area contributed by atoms with Crippen molar-refractivity contribution in [1.82, 2.24) is 10.7 Å². The van der Waals surface area contributed by atoms with Crippen molar-refractivity contribution in [2.45, 2.75) is 13.8 Å². The summed E-state index contributed by atoms with van der Waals surface area (Å²) in [6.07, 6.45) is 1.41. The minimum absolute atomic E-state index is 0.257. The lowest BCUT2D eigenvalue weighted by molar-refractivity contribution is -0.145. The maximum Gasteiger partial charge on any atom is 0.344 e. The van der Waals surface area contributed by atoms with Crippen molar-refractivity contribution in [3.8, 4) is 17.2 Å². The summed E-state index contributed by atoms with van der Waals surface area (Å²) in [7, 11) is 1.46. The number of carbonyl (C=O) groups excluding carboxylic acids is 3. The molecule has 34 heavy (non-hydrogen) atoms. The topological polar surface area (TPSA) is 125 Å². The average molecular weight is 536 g/mol. The number of amides is 2. The van der Waals surface area contributed by atoms with Gasteiger partial charge in [0.2, 0.25) is 0 Å². The van der Waals surface area contributed by atoms with Crippen LogP contribution in [-0.4, -0.2) is 57.5 Å². The van der Waals surface area contributed by atoms with Crippen LogP contribution in [0.3, 0.4) is 0 Å². The fraction of sp³-hybridized carbons (Fsp3) is 0.304. The molecule has 0 aliphatic carbocycles. The summed E-state index contributed by atoms with van der Waals surface area (Å²) < 4.78 is 21.6. The van der Waals surface area contributed by atoms with Gasteiger partial charge in [0, 0.05) is 0 Å². The van der Waals surface area contributed by atoms with E-state index in [1.165, 1.54) is 13.3 Å². The third kappa shape index (κ3) is 8.07. The molecule has 0 unspecified atom stereocenters. The van der Waals surface area contributed by atoms with E-state index in [2.05, 4.69) is 31.8 Å². The molecule has 0 saturated carbocycles. The molecule has 0 radical (unpaired) electrons. The molecule has 0 fully saturated rings. The summed E-state index contributed by atoms with van der Waals surface area (Å²) >= 11 is 3.39. The van der Waals surface area contributed by atoms with Crippen LogP contribution in [0.4, 0.5) is 0 Å². The van der Waals surface area contributed by atoms with Gasteiger partial charge in [0.15, 0.2) is 18.1 Å². The summed E-state index contributed by atoms with van der Waals surface area (Å²) in [4.78, 5) is 35.9. The Morgan fingerprint density at radius 2 is 1.82 bits per heavy atom. The van der Waals surface area contributed by atoms with E-state index >= 15 is 0 Å². The highest BCUT2D eigenvalue weighted by molar-refractivity contribution is 9.10. The van der Waals surface area contributed by atoms with Gasteiger partial charge in [-0.1, -0.05) is 12.1 Å². The second kappa shape index (κ2) is 13.8. The van der Waals surface area contributed by atoms with Gasteiger partial charge in [-0.2, -0.15) is 5.10 Å². The first-order valence-electron chi connectivity index (χ1n) is 10.4. The molecule has 2 rings (SSSR count). The Kier molecular flexibility index (Phi) is 10.8. The van der Waals surface area contributed by atoms with E-state index in [9.17, 15) is 14.4 Å². The zero-order valence-corrected chi connectivity index (χ0v) is 20.6. The molecule has 182 valence electrons. The van der Waals surface area contributed by atoms with Gasteiger partial charge in [0.25, 0.3) is 11.8 Å². The number of rotatable bonds is 12.